The van der Waals surface area contributed by atoms with Gasteiger partial charge in [-0.25, -0.2) is 0 Å². The van der Waals surface area contributed by atoms with Crippen LogP contribution in [0.2, 0.25) is 10.0 Å². The Labute approximate surface area is 170 Å². The second kappa shape index (κ2) is 11.4. The van der Waals surface area contributed by atoms with Gasteiger partial charge in [0.05, 0.1) is 10.0 Å². The Hall–Kier alpha value is -1.33. The molecule has 0 amide bonds. The highest BCUT2D eigenvalue weighted by Crippen LogP contribution is 2.32. The minimum atomic E-state index is -0.0980. The van der Waals surface area contributed by atoms with Crippen molar-refractivity contribution >= 4 is 35.6 Å². The molecule has 0 heterocycles. The molecule has 2 aromatic carbocycles. The quantitative estimate of drug-likeness (QED) is 0.550. The van der Waals surface area contributed by atoms with E-state index in [2.05, 4.69) is 11.8 Å². The second-order valence-electron chi connectivity index (χ2n) is 5.81. The number of nitrogens with zero attached hydrogens (tertiary/aromatic N) is 1. The van der Waals surface area contributed by atoms with Crippen LogP contribution in [0, 0.1) is 0 Å². The van der Waals surface area contributed by atoms with E-state index in [9.17, 15) is 10.2 Å². The normalized spacial score (nSPS) is 10.6. The van der Waals surface area contributed by atoms with E-state index in [0.29, 0.717) is 22.4 Å². The molecule has 7 heteroatoms. The number of aromatic hydroxyl groups is 2. The number of ether oxygens (including phenoxy) is 1. The number of halogens is 3. The first-order valence-corrected chi connectivity index (χ1v) is 9.07. The largest absolute Gasteiger partial charge is 0.504 e. The molecule has 0 unspecified atom stereocenters. The van der Waals surface area contributed by atoms with E-state index in [1.54, 1.807) is 24.3 Å². The van der Waals surface area contributed by atoms with Gasteiger partial charge >= 0.3 is 0 Å². The first kappa shape index (κ1) is 22.7. The Morgan fingerprint density at radius 1 is 0.962 bits per heavy atom. The maximum Gasteiger partial charge on any atom is 0.157 e. The summed E-state index contributed by atoms with van der Waals surface area (Å²) >= 11 is 12.2. The van der Waals surface area contributed by atoms with Crippen LogP contribution in [0.3, 0.4) is 0 Å². The van der Waals surface area contributed by atoms with Crippen LogP contribution in [-0.2, 0) is 6.42 Å². The lowest BCUT2D eigenvalue weighted by Crippen LogP contribution is -2.31. The number of rotatable bonds is 9. The van der Waals surface area contributed by atoms with Gasteiger partial charge in [-0.3, -0.25) is 4.90 Å². The van der Waals surface area contributed by atoms with Crippen molar-refractivity contribution < 1.29 is 14.9 Å². The van der Waals surface area contributed by atoms with Gasteiger partial charge in [-0.05, 0) is 49.2 Å². The molecule has 0 aliphatic rings. The van der Waals surface area contributed by atoms with Gasteiger partial charge in [0.25, 0.3) is 0 Å². The van der Waals surface area contributed by atoms with Crippen LogP contribution < -0.4 is 4.74 Å². The van der Waals surface area contributed by atoms with Crippen LogP contribution in [0.5, 0.6) is 17.2 Å². The molecule has 2 N–H and O–H groups in total. The standard InChI is InChI=1S/C19H23Cl2NO3.ClH/c1-2-9-22(10-8-14-6-7-17(23)18(24)13-14)11-12-25-19-15(20)4-3-5-16(19)21;/h3-7,13,23-24H,2,8-12H2,1H3;1H. The second-order valence-corrected chi connectivity index (χ2v) is 6.63. The first-order chi connectivity index (χ1) is 12.0. The zero-order valence-corrected chi connectivity index (χ0v) is 16.9. The Balaban J connectivity index is 0.00000338. The highest BCUT2D eigenvalue weighted by molar-refractivity contribution is 6.37. The van der Waals surface area contributed by atoms with Gasteiger partial charge in [-0.15, -0.1) is 12.4 Å². The fourth-order valence-electron chi connectivity index (χ4n) is 2.56. The van der Waals surface area contributed by atoms with Crippen molar-refractivity contribution in [3.63, 3.8) is 0 Å². The molecular formula is C19H24Cl3NO3. The minimum Gasteiger partial charge on any atom is -0.504 e. The van der Waals surface area contributed by atoms with E-state index in [1.165, 1.54) is 6.07 Å². The number of phenols is 2. The summed E-state index contributed by atoms with van der Waals surface area (Å²) in [6, 6.07) is 10.2. The molecular weight excluding hydrogens is 397 g/mol. The van der Waals surface area contributed by atoms with Gasteiger partial charge in [0.2, 0.25) is 0 Å². The summed E-state index contributed by atoms with van der Waals surface area (Å²) in [5, 5.41) is 20.0. The summed E-state index contributed by atoms with van der Waals surface area (Å²) < 4.78 is 5.75. The van der Waals surface area contributed by atoms with E-state index in [0.717, 1.165) is 38.0 Å². The number of benzene rings is 2. The monoisotopic (exact) mass is 419 g/mol. The van der Waals surface area contributed by atoms with Crippen molar-refractivity contribution in [2.24, 2.45) is 0 Å². The fraction of sp³-hybridized carbons (Fsp3) is 0.368. The molecule has 144 valence electrons. The number of phenolic OH excluding ortho intramolecular Hbond substituents is 2. The Morgan fingerprint density at radius 2 is 1.65 bits per heavy atom. The summed E-state index contributed by atoms with van der Waals surface area (Å²) in [6.07, 6.45) is 1.81. The average molecular weight is 421 g/mol. The van der Waals surface area contributed by atoms with Crippen molar-refractivity contribution in [2.75, 3.05) is 26.2 Å². The molecule has 4 nitrogen and oxygen atoms in total. The highest BCUT2D eigenvalue weighted by Gasteiger charge is 2.09. The first-order valence-electron chi connectivity index (χ1n) is 8.31. The molecule has 0 fully saturated rings. The Kier molecular flexibility index (Phi) is 9.96. The van der Waals surface area contributed by atoms with E-state index in [-0.39, 0.29) is 23.9 Å². The van der Waals surface area contributed by atoms with E-state index in [4.69, 9.17) is 27.9 Å². The lowest BCUT2D eigenvalue weighted by atomic mass is 10.1. The molecule has 0 saturated heterocycles. The minimum absolute atomic E-state index is 0. The van der Waals surface area contributed by atoms with Crippen LogP contribution in [0.25, 0.3) is 0 Å². The molecule has 0 atom stereocenters. The molecule has 0 aliphatic carbocycles. The van der Waals surface area contributed by atoms with Crippen molar-refractivity contribution in [1.29, 1.82) is 0 Å². The molecule has 2 rings (SSSR count). The molecule has 0 spiro atoms. The van der Waals surface area contributed by atoms with Gasteiger partial charge in [0, 0.05) is 13.1 Å². The molecule has 0 aliphatic heterocycles. The molecule has 0 saturated carbocycles. The predicted molar refractivity (Wildman–Crippen MR) is 109 cm³/mol. The Bertz CT molecular complexity index is 677. The summed E-state index contributed by atoms with van der Waals surface area (Å²) in [4.78, 5) is 2.29. The highest BCUT2D eigenvalue weighted by atomic mass is 35.5. The maximum atomic E-state index is 9.58. The van der Waals surface area contributed by atoms with E-state index < -0.39 is 0 Å². The third-order valence-electron chi connectivity index (χ3n) is 3.87. The molecule has 2 aromatic rings. The predicted octanol–water partition coefficient (Wildman–Crippen LogP) is 5.16. The third kappa shape index (κ3) is 6.76. The van der Waals surface area contributed by atoms with Crippen LogP contribution in [0.15, 0.2) is 36.4 Å². The molecule has 0 radical (unpaired) electrons. The van der Waals surface area contributed by atoms with Crippen LogP contribution in [0.1, 0.15) is 18.9 Å². The summed E-state index contributed by atoms with van der Waals surface area (Å²) in [7, 11) is 0. The van der Waals surface area contributed by atoms with Crippen molar-refractivity contribution in [1.82, 2.24) is 4.90 Å². The van der Waals surface area contributed by atoms with Gasteiger partial charge in [0.1, 0.15) is 6.61 Å². The zero-order valence-electron chi connectivity index (χ0n) is 14.6. The third-order valence-corrected chi connectivity index (χ3v) is 4.46. The lowest BCUT2D eigenvalue weighted by molar-refractivity contribution is 0.210. The topological polar surface area (TPSA) is 52.9 Å². The van der Waals surface area contributed by atoms with Gasteiger partial charge in [-0.2, -0.15) is 0 Å². The number of hydrogen-bond donors (Lipinski definition) is 2. The van der Waals surface area contributed by atoms with Gasteiger partial charge in [-0.1, -0.05) is 42.3 Å². The van der Waals surface area contributed by atoms with Crippen LogP contribution >= 0.6 is 35.6 Å². The fourth-order valence-corrected chi connectivity index (χ4v) is 3.07. The number of para-hydroxylation sites is 1. The summed E-state index contributed by atoms with van der Waals surface area (Å²) in [6.45, 7) is 5.15. The van der Waals surface area contributed by atoms with Gasteiger partial charge < -0.3 is 14.9 Å². The van der Waals surface area contributed by atoms with Crippen molar-refractivity contribution in [3.05, 3.63) is 52.0 Å². The van der Waals surface area contributed by atoms with Crippen LogP contribution in [-0.4, -0.2) is 41.4 Å². The molecule has 0 bridgehead atoms. The average Bonchev–Trinajstić information content (AvgIpc) is 2.58. The van der Waals surface area contributed by atoms with E-state index >= 15 is 0 Å². The van der Waals surface area contributed by atoms with Crippen molar-refractivity contribution in [2.45, 2.75) is 19.8 Å². The van der Waals surface area contributed by atoms with E-state index in [1.807, 2.05) is 6.07 Å². The SMILES string of the molecule is CCCN(CCOc1c(Cl)cccc1Cl)CCc1ccc(O)c(O)c1.Cl. The zero-order chi connectivity index (χ0) is 18.2. The molecule has 0 aromatic heterocycles. The van der Waals surface area contributed by atoms with Crippen molar-refractivity contribution in [3.8, 4) is 17.2 Å². The Morgan fingerprint density at radius 3 is 2.27 bits per heavy atom. The van der Waals surface area contributed by atoms with Crippen LogP contribution in [0.4, 0.5) is 0 Å². The maximum absolute atomic E-state index is 9.58. The summed E-state index contributed by atoms with van der Waals surface area (Å²) in [5.41, 5.74) is 0.978. The number of hydrogen-bond acceptors (Lipinski definition) is 4. The van der Waals surface area contributed by atoms with Gasteiger partial charge in [0.15, 0.2) is 17.2 Å². The summed E-state index contributed by atoms with van der Waals surface area (Å²) in [5.74, 6) is 0.334. The molecule has 26 heavy (non-hydrogen) atoms. The lowest BCUT2D eigenvalue weighted by Gasteiger charge is -2.22. The smallest absolute Gasteiger partial charge is 0.157 e.